The van der Waals surface area contributed by atoms with Crippen molar-refractivity contribution < 1.29 is 18.1 Å². The third-order valence-electron chi connectivity index (χ3n) is 6.79. The van der Waals surface area contributed by atoms with Gasteiger partial charge in [-0.1, -0.05) is 43.4 Å². The minimum atomic E-state index is -4.80. The maximum Gasteiger partial charge on any atom is 0.416 e. The number of hydrazine groups is 1. The SMILES string of the molecule is CN(C1CCCCCCC1)N1CCN(c2nc(=O)c3cc(C(F)(F)F)cc([N+](=O)[O-])c3s2)CC1. The first kappa shape index (κ1) is 24.8. The van der Waals surface area contributed by atoms with Crippen molar-refractivity contribution >= 4 is 32.2 Å². The fourth-order valence-electron chi connectivity index (χ4n) is 4.82. The van der Waals surface area contributed by atoms with Gasteiger partial charge in [-0.2, -0.15) is 18.2 Å². The van der Waals surface area contributed by atoms with Crippen molar-refractivity contribution in [3.8, 4) is 0 Å². The molecule has 2 aliphatic rings. The van der Waals surface area contributed by atoms with Crippen molar-refractivity contribution in [2.75, 3.05) is 38.1 Å². The zero-order valence-corrected chi connectivity index (χ0v) is 19.8. The number of nitrogens with zero attached hydrogens (tertiary/aromatic N) is 5. The number of alkyl halides is 3. The van der Waals surface area contributed by atoms with Crippen LogP contribution in [0.5, 0.6) is 0 Å². The highest BCUT2D eigenvalue weighted by Crippen LogP contribution is 2.38. The fourth-order valence-corrected chi connectivity index (χ4v) is 5.93. The number of hydrogen-bond donors (Lipinski definition) is 0. The zero-order chi connectivity index (χ0) is 24.5. The molecule has 12 heteroatoms. The van der Waals surface area contributed by atoms with Crippen molar-refractivity contribution in [3.05, 3.63) is 38.2 Å². The second kappa shape index (κ2) is 10.1. The maximum absolute atomic E-state index is 13.2. The van der Waals surface area contributed by atoms with E-state index in [1.54, 1.807) is 0 Å². The minimum Gasteiger partial charge on any atom is -0.345 e. The van der Waals surface area contributed by atoms with E-state index in [4.69, 9.17) is 0 Å². The topological polar surface area (TPSA) is 82.8 Å². The summed E-state index contributed by atoms with van der Waals surface area (Å²) in [4.78, 5) is 29.1. The van der Waals surface area contributed by atoms with Gasteiger partial charge in [-0.05, 0) is 18.9 Å². The Balaban J connectivity index is 1.54. The number of nitro groups is 1. The highest BCUT2D eigenvalue weighted by atomic mass is 32.1. The summed E-state index contributed by atoms with van der Waals surface area (Å²) >= 11 is 0.898. The van der Waals surface area contributed by atoms with Crippen LogP contribution in [0.1, 0.15) is 50.5 Å². The monoisotopic (exact) mass is 499 g/mol. The number of aromatic nitrogens is 1. The van der Waals surface area contributed by atoms with E-state index in [1.807, 2.05) is 4.90 Å². The Labute approximate surface area is 199 Å². The van der Waals surface area contributed by atoms with E-state index in [0.717, 1.165) is 11.3 Å². The lowest BCUT2D eigenvalue weighted by Crippen LogP contribution is -2.55. The average molecular weight is 500 g/mol. The molecule has 1 saturated heterocycles. The quantitative estimate of drug-likeness (QED) is 0.447. The maximum atomic E-state index is 13.2. The predicted molar refractivity (Wildman–Crippen MR) is 125 cm³/mol. The highest BCUT2D eigenvalue weighted by Gasteiger charge is 2.34. The molecule has 1 aliphatic carbocycles. The summed E-state index contributed by atoms with van der Waals surface area (Å²) in [7, 11) is 2.12. The van der Waals surface area contributed by atoms with Gasteiger partial charge in [0.1, 0.15) is 4.70 Å². The second-order valence-electron chi connectivity index (χ2n) is 8.94. The molecule has 0 spiro atoms. The van der Waals surface area contributed by atoms with Gasteiger partial charge in [0.25, 0.3) is 11.2 Å². The number of fused-ring (bicyclic) bond motifs is 1. The molecule has 0 bridgehead atoms. The number of rotatable bonds is 4. The molecule has 34 heavy (non-hydrogen) atoms. The van der Waals surface area contributed by atoms with Crippen LogP contribution in [-0.2, 0) is 6.18 Å². The van der Waals surface area contributed by atoms with Crippen molar-refractivity contribution in [3.63, 3.8) is 0 Å². The van der Waals surface area contributed by atoms with Gasteiger partial charge in [0.2, 0.25) is 0 Å². The van der Waals surface area contributed by atoms with E-state index < -0.39 is 27.9 Å². The number of nitro benzene ring substituents is 1. The lowest BCUT2D eigenvalue weighted by atomic mass is 9.96. The second-order valence-corrected chi connectivity index (χ2v) is 9.92. The molecule has 1 aromatic heterocycles. The molecule has 2 fully saturated rings. The minimum absolute atomic E-state index is 0.0814. The predicted octanol–water partition coefficient (Wildman–Crippen LogP) is 4.67. The Hall–Kier alpha value is -2.31. The standard InChI is InChI=1S/C22H28F3N5O3S/c1-27(16-7-5-3-2-4-6-8-16)29-11-9-28(10-12-29)21-26-20(31)17-13-15(22(23,24)25)14-18(30(32)33)19(17)34-21/h13-14,16H,2-12H2,1H3. The molecule has 0 radical (unpaired) electrons. The van der Waals surface area contributed by atoms with Gasteiger partial charge in [-0.3, -0.25) is 14.9 Å². The van der Waals surface area contributed by atoms with Gasteiger partial charge in [-0.15, -0.1) is 0 Å². The van der Waals surface area contributed by atoms with Crippen LogP contribution in [0.3, 0.4) is 0 Å². The molecule has 1 aromatic carbocycles. The van der Waals surface area contributed by atoms with Crippen molar-refractivity contribution in [1.82, 2.24) is 15.0 Å². The number of benzene rings is 1. The van der Waals surface area contributed by atoms with Crippen LogP contribution in [-0.4, -0.2) is 59.2 Å². The first-order valence-electron chi connectivity index (χ1n) is 11.6. The molecular formula is C22H28F3N5O3S. The lowest BCUT2D eigenvalue weighted by Gasteiger charge is -2.43. The molecule has 186 valence electrons. The van der Waals surface area contributed by atoms with Gasteiger partial charge in [0.15, 0.2) is 5.13 Å². The van der Waals surface area contributed by atoms with Crippen LogP contribution in [0.25, 0.3) is 10.1 Å². The molecule has 0 N–H and O–H groups in total. The first-order valence-corrected chi connectivity index (χ1v) is 12.4. The summed E-state index contributed by atoms with van der Waals surface area (Å²) in [6, 6.07) is 1.65. The van der Waals surface area contributed by atoms with Gasteiger partial charge < -0.3 is 4.90 Å². The van der Waals surface area contributed by atoms with E-state index in [9.17, 15) is 28.1 Å². The van der Waals surface area contributed by atoms with E-state index in [2.05, 4.69) is 22.0 Å². The summed E-state index contributed by atoms with van der Waals surface area (Å²) in [5.74, 6) is 0. The van der Waals surface area contributed by atoms with Crippen LogP contribution in [0.2, 0.25) is 0 Å². The van der Waals surface area contributed by atoms with Gasteiger partial charge in [0.05, 0.1) is 15.9 Å². The van der Waals surface area contributed by atoms with Crippen molar-refractivity contribution in [2.45, 2.75) is 57.2 Å². The fraction of sp³-hybridized carbons (Fsp3) is 0.636. The molecule has 4 rings (SSSR count). The number of non-ortho nitro benzene ring substituents is 1. The molecule has 2 aromatic rings. The van der Waals surface area contributed by atoms with Crippen LogP contribution in [0.15, 0.2) is 16.9 Å². The highest BCUT2D eigenvalue weighted by molar-refractivity contribution is 7.22. The van der Waals surface area contributed by atoms with Gasteiger partial charge >= 0.3 is 6.18 Å². The Kier molecular flexibility index (Phi) is 7.39. The Bertz CT molecular complexity index is 1090. The smallest absolute Gasteiger partial charge is 0.345 e. The van der Waals surface area contributed by atoms with Crippen LogP contribution >= 0.6 is 11.3 Å². The summed E-state index contributed by atoms with van der Waals surface area (Å²) in [5, 5.41) is 16.1. The normalized spacial score (nSPS) is 19.4. The van der Waals surface area contributed by atoms with Crippen molar-refractivity contribution in [1.29, 1.82) is 0 Å². The number of anilines is 1. The lowest BCUT2D eigenvalue weighted by molar-refractivity contribution is -0.383. The summed E-state index contributed by atoms with van der Waals surface area (Å²) < 4.78 is 39.5. The number of piperazine rings is 1. The average Bonchev–Trinajstić information content (AvgIpc) is 2.77. The Morgan fingerprint density at radius 1 is 1.09 bits per heavy atom. The summed E-state index contributed by atoms with van der Waals surface area (Å²) in [5.41, 5.74) is -2.83. The molecule has 1 saturated carbocycles. The molecule has 2 heterocycles. The first-order chi connectivity index (χ1) is 16.1. The van der Waals surface area contributed by atoms with E-state index >= 15 is 0 Å². The molecular weight excluding hydrogens is 471 g/mol. The van der Waals surface area contributed by atoms with E-state index in [-0.39, 0.29) is 10.1 Å². The third kappa shape index (κ3) is 5.33. The molecule has 8 nitrogen and oxygen atoms in total. The number of halogens is 3. The van der Waals surface area contributed by atoms with Crippen molar-refractivity contribution in [2.24, 2.45) is 0 Å². The largest absolute Gasteiger partial charge is 0.416 e. The van der Waals surface area contributed by atoms with E-state index in [0.29, 0.717) is 49.5 Å². The Morgan fingerprint density at radius 3 is 2.29 bits per heavy atom. The summed E-state index contributed by atoms with van der Waals surface area (Å²) in [6.07, 6.45) is 3.89. The molecule has 1 aliphatic heterocycles. The van der Waals surface area contributed by atoms with Gasteiger partial charge in [-0.25, -0.2) is 10.0 Å². The molecule has 0 atom stereocenters. The van der Waals surface area contributed by atoms with Crippen LogP contribution in [0.4, 0.5) is 24.0 Å². The number of hydrogen-bond acceptors (Lipinski definition) is 8. The van der Waals surface area contributed by atoms with Crippen LogP contribution < -0.4 is 10.5 Å². The van der Waals surface area contributed by atoms with Gasteiger partial charge in [0, 0.05) is 45.3 Å². The molecule has 0 amide bonds. The zero-order valence-electron chi connectivity index (χ0n) is 19.0. The Morgan fingerprint density at radius 2 is 1.71 bits per heavy atom. The van der Waals surface area contributed by atoms with Crippen LogP contribution in [0, 0.1) is 10.1 Å². The third-order valence-corrected chi connectivity index (χ3v) is 7.96. The molecule has 0 unspecified atom stereocenters. The van der Waals surface area contributed by atoms with E-state index in [1.165, 1.54) is 44.9 Å². The summed E-state index contributed by atoms with van der Waals surface area (Å²) in [6.45, 7) is 2.56.